The van der Waals surface area contributed by atoms with Gasteiger partial charge in [-0.2, -0.15) is 0 Å². The van der Waals surface area contributed by atoms with Crippen molar-refractivity contribution in [3.63, 3.8) is 0 Å². The summed E-state index contributed by atoms with van der Waals surface area (Å²) in [5, 5.41) is 9.79. The summed E-state index contributed by atoms with van der Waals surface area (Å²) in [6, 6.07) is 2.94. The fourth-order valence-corrected chi connectivity index (χ4v) is 3.65. The number of ether oxygens (including phenoxy) is 1. The number of benzene rings is 1. The number of hydrogen-bond acceptors (Lipinski definition) is 4. The highest BCUT2D eigenvalue weighted by Gasteiger charge is 2.28. The Morgan fingerprint density at radius 3 is 2.65 bits per heavy atom. The normalized spacial score (nSPS) is 23.6. The summed E-state index contributed by atoms with van der Waals surface area (Å²) in [4.78, 5) is -0.173. The first-order chi connectivity index (χ1) is 9.44. The quantitative estimate of drug-likeness (QED) is 0.882. The van der Waals surface area contributed by atoms with Crippen LogP contribution in [0.5, 0.6) is 5.75 Å². The molecular formula is C13H18FNO4S. The molecule has 0 saturated heterocycles. The van der Waals surface area contributed by atoms with Crippen LogP contribution in [-0.4, -0.2) is 32.8 Å². The Hall–Kier alpha value is -1.18. The van der Waals surface area contributed by atoms with Gasteiger partial charge < -0.3 is 9.84 Å². The van der Waals surface area contributed by atoms with Gasteiger partial charge in [0.2, 0.25) is 10.0 Å². The molecule has 0 radical (unpaired) electrons. The van der Waals surface area contributed by atoms with Crippen LogP contribution in [0.1, 0.15) is 25.7 Å². The fraction of sp³-hybridized carbons (Fsp3) is 0.538. The van der Waals surface area contributed by atoms with E-state index >= 15 is 0 Å². The zero-order valence-electron chi connectivity index (χ0n) is 11.2. The number of halogens is 1. The van der Waals surface area contributed by atoms with Gasteiger partial charge in [0.05, 0.1) is 18.1 Å². The summed E-state index contributed by atoms with van der Waals surface area (Å²) in [6.45, 7) is 0. The van der Waals surface area contributed by atoms with Gasteiger partial charge in [-0.3, -0.25) is 0 Å². The molecule has 0 aliphatic heterocycles. The average molecular weight is 303 g/mol. The first-order valence-corrected chi connectivity index (χ1v) is 7.96. The predicted octanol–water partition coefficient (Wildman–Crippen LogP) is 1.42. The molecule has 1 aromatic carbocycles. The first kappa shape index (κ1) is 15.2. The molecule has 0 aromatic heterocycles. The minimum atomic E-state index is -3.85. The minimum Gasteiger partial charge on any atom is -0.494 e. The molecule has 5 nitrogen and oxygen atoms in total. The number of sulfonamides is 1. The van der Waals surface area contributed by atoms with Crippen LogP contribution in [0.25, 0.3) is 0 Å². The molecule has 1 aliphatic rings. The van der Waals surface area contributed by atoms with Gasteiger partial charge in [0.15, 0.2) is 11.6 Å². The molecule has 112 valence electrons. The molecule has 0 unspecified atom stereocenters. The third kappa shape index (κ3) is 3.28. The van der Waals surface area contributed by atoms with Crippen LogP contribution in [0.4, 0.5) is 4.39 Å². The number of aliphatic hydroxyl groups is 1. The minimum absolute atomic E-state index is 0.0124. The van der Waals surface area contributed by atoms with Gasteiger partial charge in [-0.1, -0.05) is 12.8 Å². The smallest absolute Gasteiger partial charge is 0.241 e. The van der Waals surface area contributed by atoms with Gasteiger partial charge in [0.1, 0.15) is 0 Å². The lowest BCUT2D eigenvalue weighted by Crippen LogP contribution is -2.44. The highest BCUT2D eigenvalue weighted by atomic mass is 32.2. The summed E-state index contributed by atoms with van der Waals surface area (Å²) in [5.41, 5.74) is 0. The van der Waals surface area contributed by atoms with E-state index in [4.69, 9.17) is 4.74 Å². The highest BCUT2D eigenvalue weighted by Crippen LogP contribution is 2.23. The Morgan fingerprint density at radius 2 is 2.05 bits per heavy atom. The zero-order chi connectivity index (χ0) is 14.8. The van der Waals surface area contributed by atoms with Crippen molar-refractivity contribution >= 4 is 10.0 Å². The Morgan fingerprint density at radius 1 is 1.35 bits per heavy atom. The summed E-state index contributed by atoms with van der Waals surface area (Å²) in [5.74, 6) is -0.749. The van der Waals surface area contributed by atoms with Crippen molar-refractivity contribution in [1.29, 1.82) is 0 Å². The van der Waals surface area contributed by atoms with Crippen molar-refractivity contribution in [2.24, 2.45) is 0 Å². The summed E-state index contributed by atoms with van der Waals surface area (Å²) < 4.78 is 45.1. The molecule has 0 spiro atoms. The zero-order valence-corrected chi connectivity index (χ0v) is 12.0. The maximum absolute atomic E-state index is 13.6. The van der Waals surface area contributed by atoms with Crippen LogP contribution >= 0.6 is 0 Å². The van der Waals surface area contributed by atoms with Gasteiger partial charge in [-0.25, -0.2) is 17.5 Å². The lowest BCUT2D eigenvalue weighted by Gasteiger charge is -2.28. The molecule has 20 heavy (non-hydrogen) atoms. The van der Waals surface area contributed by atoms with E-state index < -0.39 is 28.0 Å². The monoisotopic (exact) mass is 303 g/mol. The Labute approximate surface area is 117 Å². The molecule has 1 aliphatic carbocycles. The third-order valence-electron chi connectivity index (χ3n) is 3.47. The molecule has 0 heterocycles. The summed E-state index contributed by atoms with van der Waals surface area (Å²) in [7, 11) is -2.54. The van der Waals surface area contributed by atoms with Crippen molar-refractivity contribution in [2.75, 3.05) is 7.11 Å². The molecule has 2 rings (SSSR count). The van der Waals surface area contributed by atoms with Crippen molar-refractivity contribution in [2.45, 2.75) is 42.7 Å². The standard InChI is InChI=1S/C13H18FNO4S/c1-19-13-7-6-9(8-10(13)14)20(17,18)15-11-4-2-3-5-12(11)16/h6-8,11-12,15-16H,2-5H2,1H3/t11-,12-/m0/s1. The lowest BCUT2D eigenvalue weighted by atomic mass is 9.93. The maximum atomic E-state index is 13.6. The van der Waals surface area contributed by atoms with E-state index in [1.165, 1.54) is 19.2 Å². The Balaban J connectivity index is 2.19. The largest absolute Gasteiger partial charge is 0.494 e. The molecule has 1 fully saturated rings. The van der Waals surface area contributed by atoms with Crippen molar-refractivity contribution in [1.82, 2.24) is 4.72 Å². The molecule has 0 amide bonds. The maximum Gasteiger partial charge on any atom is 0.241 e. The van der Waals surface area contributed by atoms with Gasteiger partial charge in [-0.15, -0.1) is 0 Å². The van der Waals surface area contributed by atoms with E-state index in [0.29, 0.717) is 12.8 Å². The topological polar surface area (TPSA) is 75.6 Å². The van der Waals surface area contributed by atoms with Crippen LogP contribution in [0.2, 0.25) is 0 Å². The van der Waals surface area contributed by atoms with Gasteiger partial charge >= 0.3 is 0 Å². The van der Waals surface area contributed by atoms with Crippen LogP contribution < -0.4 is 9.46 Å². The molecule has 1 saturated carbocycles. The van der Waals surface area contributed by atoms with Gasteiger partial charge in [0, 0.05) is 6.04 Å². The lowest BCUT2D eigenvalue weighted by molar-refractivity contribution is 0.101. The SMILES string of the molecule is COc1ccc(S(=O)(=O)N[C@H]2CCCC[C@@H]2O)cc1F. The Kier molecular flexibility index (Phi) is 4.62. The van der Waals surface area contributed by atoms with E-state index in [1.54, 1.807) is 0 Å². The van der Waals surface area contributed by atoms with Crippen LogP contribution in [0.15, 0.2) is 23.1 Å². The molecule has 0 bridgehead atoms. The second-order valence-corrected chi connectivity index (χ2v) is 6.59. The second-order valence-electron chi connectivity index (χ2n) is 4.88. The van der Waals surface area contributed by atoms with Gasteiger partial charge in [-0.05, 0) is 31.0 Å². The molecular weight excluding hydrogens is 285 g/mol. The molecule has 2 atom stereocenters. The number of aliphatic hydroxyl groups excluding tert-OH is 1. The van der Waals surface area contributed by atoms with Gasteiger partial charge in [0.25, 0.3) is 0 Å². The number of nitrogens with one attached hydrogen (secondary N) is 1. The van der Waals surface area contributed by atoms with Crippen molar-refractivity contribution in [3.05, 3.63) is 24.0 Å². The van der Waals surface area contributed by atoms with Crippen molar-refractivity contribution < 1.29 is 22.7 Å². The predicted molar refractivity (Wildman–Crippen MR) is 71.5 cm³/mol. The molecule has 7 heteroatoms. The second kappa shape index (κ2) is 6.07. The molecule has 2 N–H and O–H groups in total. The van der Waals surface area contributed by atoms with Crippen LogP contribution in [0, 0.1) is 5.82 Å². The van der Waals surface area contributed by atoms with E-state index in [1.807, 2.05) is 0 Å². The highest BCUT2D eigenvalue weighted by molar-refractivity contribution is 7.89. The first-order valence-electron chi connectivity index (χ1n) is 6.48. The van der Waals surface area contributed by atoms with E-state index in [-0.39, 0.29) is 10.6 Å². The fourth-order valence-electron chi connectivity index (χ4n) is 2.33. The van der Waals surface area contributed by atoms with E-state index in [9.17, 15) is 17.9 Å². The summed E-state index contributed by atoms with van der Waals surface area (Å²) >= 11 is 0. The van der Waals surface area contributed by atoms with Crippen LogP contribution in [-0.2, 0) is 10.0 Å². The average Bonchev–Trinajstić information content (AvgIpc) is 2.41. The molecule has 1 aromatic rings. The Bertz CT molecular complexity index is 576. The number of methoxy groups -OCH3 is 1. The van der Waals surface area contributed by atoms with Crippen LogP contribution in [0.3, 0.4) is 0 Å². The van der Waals surface area contributed by atoms with E-state index in [0.717, 1.165) is 18.9 Å². The third-order valence-corrected chi connectivity index (χ3v) is 4.96. The van der Waals surface area contributed by atoms with Crippen molar-refractivity contribution in [3.8, 4) is 5.75 Å². The summed E-state index contributed by atoms with van der Waals surface area (Å²) in [6.07, 6.45) is 2.21. The number of hydrogen-bond donors (Lipinski definition) is 2. The van der Waals surface area contributed by atoms with E-state index in [2.05, 4.69) is 4.72 Å². The number of rotatable bonds is 4.